The van der Waals surface area contributed by atoms with Crippen molar-refractivity contribution in [1.82, 2.24) is 0 Å². The number of nitrogens with zero attached hydrogens (tertiary/aromatic N) is 1. The van der Waals surface area contributed by atoms with Gasteiger partial charge in [-0.1, -0.05) is 182 Å². The Hall–Kier alpha value is -6.90. The molecule has 0 bridgehead atoms. The van der Waals surface area contributed by atoms with Crippen LogP contribution in [0.3, 0.4) is 0 Å². The van der Waals surface area contributed by atoms with Crippen LogP contribution in [0.1, 0.15) is 37.1 Å². The molecule has 0 saturated heterocycles. The molecule has 2 unspecified atom stereocenters. The predicted molar refractivity (Wildman–Crippen MR) is 255 cm³/mol. The summed E-state index contributed by atoms with van der Waals surface area (Å²) in [7, 11) is -1.82. The summed E-state index contributed by atoms with van der Waals surface area (Å²) in [6.07, 6.45) is 0. The Morgan fingerprint density at radius 2 is 0.733 bits per heavy atom. The van der Waals surface area contributed by atoms with Crippen LogP contribution in [0.15, 0.2) is 215 Å². The summed E-state index contributed by atoms with van der Waals surface area (Å²) >= 11 is 0. The van der Waals surface area contributed by atoms with Gasteiger partial charge in [0.2, 0.25) is 0 Å². The maximum absolute atomic E-state index is 7.77. The molecule has 3 nitrogen and oxygen atoms in total. The molecule has 11 aromatic rings. The van der Waals surface area contributed by atoms with Gasteiger partial charge in [-0.25, -0.2) is 0 Å². The summed E-state index contributed by atoms with van der Waals surface area (Å²) in [4.78, 5) is 0. The lowest BCUT2D eigenvalue weighted by Gasteiger charge is -2.32. The zero-order valence-corrected chi connectivity index (χ0v) is 34.4. The molecule has 1 aromatic heterocycles. The molecule has 0 saturated carbocycles. The predicted octanol–water partition coefficient (Wildman–Crippen LogP) is 16.7. The summed E-state index contributed by atoms with van der Waals surface area (Å²) < 4.78 is 18.0. The second-order valence-corrected chi connectivity index (χ2v) is 17.1. The summed E-state index contributed by atoms with van der Waals surface area (Å²) in [5.74, 6) is 0. The van der Waals surface area contributed by atoms with E-state index in [-0.39, 0.29) is 12.1 Å². The topological polar surface area (TPSA) is 29.5 Å². The summed E-state index contributed by atoms with van der Waals surface area (Å²) in [6.45, 7) is 4.57. The lowest BCUT2D eigenvalue weighted by atomic mass is 9.91. The minimum absolute atomic E-state index is 0.0633. The highest BCUT2D eigenvalue weighted by Crippen LogP contribution is 2.51. The van der Waals surface area contributed by atoms with Gasteiger partial charge in [0, 0.05) is 34.0 Å². The van der Waals surface area contributed by atoms with Crippen LogP contribution < -0.4 is 4.67 Å². The van der Waals surface area contributed by atoms with Gasteiger partial charge in [0.1, 0.15) is 0 Å². The Morgan fingerprint density at radius 3 is 1.17 bits per heavy atom. The first-order valence-electron chi connectivity index (χ1n) is 20.7. The number of hydrogen-bond acceptors (Lipinski definition) is 3. The summed E-state index contributed by atoms with van der Waals surface area (Å²) in [5, 5.41) is 11.4. The van der Waals surface area contributed by atoms with Crippen LogP contribution in [0.5, 0.6) is 0 Å². The fraction of sp³-hybridized carbons (Fsp3) is 0.0714. The van der Waals surface area contributed by atoms with E-state index >= 15 is 0 Å². The lowest BCUT2D eigenvalue weighted by molar-refractivity contribution is 0.559. The van der Waals surface area contributed by atoms with Crippen LogP contribution in [0, 0.1) is 0 Å². The first-order valence-corrected chi connectivity index (χ1v) is 21.9. The fourth-order valence-electron chi connectivity index (χ4n) is 9.14. The van der Waals surface area contributed by atoms with Crippen molar-refractivity contribution >= 4 is 73.2 Å². The van der Waals surface area contributed by atoms with Crippen LogP contribution in [0.25, 0.3) is 87.3 Å². The zero-order valence-electron chi connectivity index (χ0n) is 33.5. The Morgan fingerprint density at radius 1 is 0.367 bits per heavy atom. The minimum Gasteiger partial charge on any atom is -0.407 e. The highest BCUT2D eigenvalue weighted by molar-refractivity contribution is 7.39. The first kappa shape index (κ1) is 36.2. The first-order chi connectivity index (χ1) is 29.6. The molecule has 0 spiro atoms. The van der Waals surface area contributed by atoms with Crippen molar-refractivity contribution in [2.45, 2.75) is 25.9 Å². The Bertz CT molecular complexity index is 3200. The molecule has 10 aromatic carbocycles. The van der Waals surface area contributed by atoms with Gasteiger partial charge < -0.3 is 8.39 Å². The number of benzene rings is 10. The van der Waals surface area contributed by atoms with Crippen molar-refractivity contribution < 1.29 is 8.39 Å². The van der Waals surface area contributed by atoms with E-state index in [0.717, 1.165) is 65.7 Å². The molecular formula is C56H42NO2P. The van der Waals surface area contributed by atoms with Gasteiger partial charge in [-0.2, -0.15) is 4.67 Å². The molecule has 0 amide bonds. The second-order valence-electron chi connectivity index (χ2n) is 15.8. The van der Waals surface area contributed by atoms with Gasteiger partial charge in [0.15, 0.2) is 11.2 Å². The zero-order chi connectivity index (χ0) is 40.2. The van der Waals surface area contributed by atoms with Gasteiger partial charge in [0.25, 0.3) is 0 Å². The molecule has 0 aliphatic rings. The van der Waals surface area contributed by atoms with Gasteiger partial charge in [0.05, 0.1) is 0 Å². The van der Waals surface area contributed by atoms with Gasteiger partial charge in [-0.05, 0) is 103 Å². The van der Waals surface area contributed by atoms with E-state index in [9.17, 15) is 0 Å². The van der Waals surface area contributed by atoms with Crippen molar-refractivity contribution in [2.24, 2.45) is 0 Å². The normalized spacial score (nSPS) is 12.8. The Kier molecular flexibility index (Phi) is 9.08. The Balaban J connectivity index is 1.36. The molecule has 2 atom stereocenters. The van der Waals surface area contributed by atoms with Gasteiger partial charge in [-0.3, -0.25) is 0 Å². The third-order valence-electron chi connectivity index (χ3n) is 12.3. The molecule has 288 valence electrons. The van der Waals surface area contributed by atoms with E-state index in [2.05, 4.69) is 225 Å². The molecular weight excluding hydrogens is 750 g/mol. The summed E-state index contributed by atoms with van der Waals surface area (Å²) in [6, 6.07) is 74.2. The molecule has 0 radical (unpaired) electrons. The lowest BCUT2D eigenvalue weighted by Crippen LogP contribution is -2.27. The monoisotopic (exact) mass is 791 g/mol. The van der Waals surface area contributed by atoms with Crippen molar-refractivity contribution in [3.63, 3.8) is 0 Å². The quantitative estimate of drug-likeness (QED) is 0.161. The second kappa shape index (κ2) is 15.0. The Labute approximate surface area is 350 Å². The molecule has 11 rings (SSSR count). The van der Waals surface area contributed by atoms with Gasteiger partial charge in [-0.15, -0.1) is 0 Å². The third-order valence-corrected chi connectivity index (χ3v) is 14.0. The largest absolute Gasteiger partial charge is 0.407 e. The molecule has 4 heteroatoms. The molecule has 60 heavy (non-hydrogen) atoms. The van der Waals surface area contributed by atoms with E-state index in [1.54, 1.807) is 0 Å². The average Bonchev–Trinajstić information content (AvgIpc) is 3.49. The molecule has 0 aliphatic heterocycles. The SMILES string of the molecule is CC(c1ccccc1)N(C(C)c1ccccc1)p1oc2c(-c3ccc4ccccc4c3)cc3ccccc3c2c2c(o1)c(-c1ccc3ccccc3c1)cc1ccccc12. The summed E-state index contributed by atoms with van der Waals surface area (Å²) in [5.41, 5.74) is 8.34. The smallest absolute Gasteiger partial charge is 0.310 e. The fourth-order valence-corrected chi connectivity index (χ4v) is 10.9. The maximum Gasteiger partial charge on any atom is 0.310 e. The number of hydrogen-bond donors (Lipinski definition) is 0. The van der Waals surface area contributed by atoms with E-state index in [1.165, 1.54) is 32.7 Å². The highest BCUT2D eigenvalue weighted by atomic mass is 31.1. The standard InChI is InChI=1S/C56H42NO2P/c1-37(39-17-5-3-6-18-39)57(38(2)40-19-7-4-8-20-40)60-58-55-51(47-31-29-41-21-9-11-23-43(41)33-47)35-45-25-13-15-27-49(45)53(55)54-50-28-16-14-26-46(50)36-52(56(54)59-60)48-32-30-42-22-10-12-24-44(42)34-48/h3-38H,1-2H3. The minimum atomic E-state index is -1.82. The van der Waals surface area contributed by atoms with Crippen LogP contribution in [-0.4, -0.2) is 0 Å². The third kappa shape index (κ3) is 6.26. The maximum atomic E-state index is 7.77. The molecule has 0 fully saturated rings. The highest BCUT2D eigenvalue weighted by Gasteiger charge is 2.30. The van der Waals surface area contributed by atoms with Gasteiger partial charge >= 0.3 is 8.16 Å². The molecule has 1 heterocycles. The van der Waals surface area contributed by atoms with E-state index in [1.807, 2.05) is 0 Å². The van der Waals surface area contributed by atoms with Crippen molar-refractivity contribution in [2.75, 3.05) is 4.67 Å². The molecule has 0 N–H and O–H groups in total. The van der Waals surface area contributed by atoms with Crippen LogP contribution in [-0.2, 0) is 0 Å². The van der Waals surface area contributed by atoms with Crippen molar-refractivity contribution in [3.8, 4) is 22.3 Å². The van der Waals surface area contributed by atoms with Crippen LogP contribution in [0.2, 0.25) is 0 Å². The van der Waals surface area contributed by atoms with Crippen molar-refractivity contribution in [3.05, 3.63) is 217 Å². The average molecular weight is 792 g/mol. The van der Waals surface area contributed by atoms with Crippen molar-refractivity contribution in [1.29, 1.82) is 0 Å². The van der Waals surface area contributed by atoms with Crippen LogP contribution in [0.4, 0.5) is 0 Å². The number of rotatable bonds is 7. The molecule has 0 aliphatic carbocycles. The number of fused-ring (bicyclic) bond motifs is 9. The van der Waals surface area contributed by atoms with E-state index in [0.29, 0.717) is 0 Å². The van der Waals surface area contributed by atoms with E-state index < -0.39 is 8.16 Å². The van der Waals surface area contributed by atoms with Crippen LogP contribution >= 0.6 is 8.16 Å². The van der Waals surface area contributed by atoms with E-state index in [4.69, 9.17) is 8.39 Å².